The molecular weight excluding hydrogens is 288 g/mol. The maximum absolute atomic E-state index is 12.6. The van der Waals surface area contributed by atoms with Crippen LogP contribution in [0.15, 0.2) is 29.2 Å². The highest BCUT2D eigenvalue weighted by molar-refractivity contribution is 7.89. The van der Waals surface area contributed by atoms with Gasteiger partial charge in [0.1, 0.15) is 5.75 Å². The SMILES string of the molecule is CCCOc1ccc(S(=O)(=O)N2CCC(C(C)N)C2)cc1. The molecule has 0 aliphatic carbocycles. The molecule has 0 radical (unpaired) electrons. The van der Waals surface area contributed by atoms with Crippen molar-refractivity contribution in [1.29, 1.82) is 0 Å². The lowest BCUT2D eigenvalue weighted by Crippen LogP contribution is -2.33. The van der Waals surface area contributed by atoms with Gasteiger partial charge in [0, 0.05) is 19.1 Å². The van der Waals surface area contributed by atoms with Gasteiger partial charge in [0.25, 0.3) is 0 Å². The van der Waals surface area contributed by atoms with Gasteiger partial charge in [-0.2, -0.15) is 4.31 Å². The van der Waals surface area contributed by atoms with E-state index in [9.17, 15) is 8.42 Å². The second kappa shape index (κ2) is 6.77. The molecule has 21 heavy (non-hydrogen) atoms. The highest BCUT2D eigenvalue weighted by atomic mass is 32.2. The molecule has 6 heteroatoms. The third-order valence-electron chi connectivity index (χ3n) is 3.87. The smallest absolute Gasteiger partial charge is 0.243 e. The first-order chi connectivity index (χ1) is 9.95. The Hall–Kier alpha value is -1.11. The molecule has 1 aromatic rings. The zero-order valence-electron chi connectivity index (χ0n) is 12.7. The summed E-state index contributed by atoms with van der Waals surface area (Å²) in [5, 5.41) is 0. The van der Waals surface area contributed by atoms with E-state index >= 15 is 0 Å². The van der Waals surface area contributed by atoms with Gasteiger partial charge >= 0.3 is 0 Å². The molecule has 1 aliphatic heterocycles. The average molecular weight is 312 g/mol. The Bertz CT molecular complexity index is 555. The number of hydrogen-bond acceptors (Lipinski definition) is 4. The number of ether oxygens (including phenoxy) is 1. The van der Waals surface area contributed by atoms with Crippen molar-refractivity contribution in [2.75, 3.05) is 19.7 Å². The molecule has 2 unspecified atom stereocenters. The molecule has 1 aliphatic rings. The van der Waals surface area contributed by atoms with E-state index in [1.807, 2.05) is 13.8 Å². The molecule has 5 nitrogen and oxygen atoms in total. The van der Waals surface area contributed by atoms with Crippen LogP contribution in [0.25, 0.3) is 0 Å². The molecule has 1 fully saturated rings. The van der Waals surface area contributed by atoms with E-state index in [1.54, 1.807) is 24.3 Å². The van der Waals surface area contributed by atoms with Gasteiger partial charge in [0.05, 0.1) is 11.5 Å². The Kier molecular flexibility index (Phi) is 5.24. The Labute approximate surface area is 127 Å². The Morgan fingerprint density at radius 3 is 2.57 bits per heavy atom. The van der Waals surface area contributed by atoms with Crippen LogP contribution in [-0.2, 0) is 10.0 Å². The molecule has 0 aromatic heterocycles. The fourth-order valence-corrected chi connectivity index (χ4v) is 3.99. The Morgan fingerprint density at radius 1 is 1.38 bits per heavy atom. The minimum Gasteiger partial charge on any atom is -0.494 e. The van der Waals surface area contributed by atoms with Gasteiger partial charge in [-0.3, -0.25) is 0 Å². The van der Waals surface area contributed by atoms with Crippen molar-refractivity contribution in [3.05, 3.63) is 24.3 Å². The first-order valence-electron chi connectivity index (χ1n) is 7.43. The van der Waals surface area contributed by atoms with Crippen molar-refractivity contribution < 1.29 is 13.2 Å². The third-order valence-corrected chi connectivity index (χ3v) is 5.74. The molecule has 0 saturated carbocycles. The lowest BCUT2D eigenvalue weighted by atomic mass is 10.0. The first kappa shape index (κ1) is 16.3. The lowest BCUT2D eigenvalue weighted by molar-refractivity contribution is 0.317. The van der Waals surface area contributed by atoms with Crippen LogP contribution in [0.5, 0.6) is 5.75 Å². The van der Waals surface area contributed by atoms with Crippen molar-refractivity contribution in [2.45, 2.75) is 37.6 Å². The predicted octanol–water partition coefficient (Wildman–Crippen LogP) is 1.83. The quantitative estimate of drug-likeness (QED) is 0.870. The van der Waals surface area contributed by atoms with Crippen LogP contribution in [0.3, 0.4) is 0 Å². The van der Waals surface area contributed by atoms with Crippen molar-refractivity contribution in [1.82, 2.24) is 4.31 Å². The van der Waals surface area contributed by atoms with Crippen LogP contribution in [-0.4, -0.2) is 38.5 Å². The summed E-state index contributed by atoms with van der Waals surface area (Å²) in [5.74, 6) is 0.942. The van der Waals surface area contributed by atoms with E-state index in [0.717, 1.165) is 12.8 Å². The maximum Gasteiger partial charge on any atom is 0.243 e. The van der Waals surface area contributed by atoms with Crippen molar-refractivity contribution in [2.24, 2.45) is 11.7 Å². The van der Waals surface area contributed by atoms with Crippen LogP contribution >= 0.6 is 0 Å². The van der Waals surface area contributed by atoms with Crippen molar-refractivity contribution in [3.8, 4) is 5.75 Å². The molecule has 0 bridgehead atoms. The van der Waals surface area contributed by atoms with Crippen LogP contribution in [0.2, 0.25) is 0 Å². The standard InChI is InChI=1S/C15H24N2O3S/c1-3-10-20-14-4-6-15(7-5-14)21(18,19)17-9-8-13(11-17)12(2)16/h4-7,12-13H,3,8-11,16H2,1-2H3. The van der Waals surface area contributed by atoms with E-state index in [1.165, 1.54) is 4.31 Å². The van der Waals surface area contributed by atoms with Crippen LogP contribution in [0.4, 0.5) is 0 Å². The molecule has 1 heterocycles. The fourth-order valence-electron chi connectivity index (χ4n) is 2.48. The lowest BCUT2D eigenvalue weighted by Gasteiger charge is -2.18. The van der Waals surface area contributed by atoms with Crippen molar-refractivity contribution in [3.63, 3.8) is 0 Å². The molecule has 2 N–H and O–H groups in total. The van der Waals surface area contributed by atoms with Gasteiger partial charge in [0.2, 0.25) is 10.0 Å². The Balaban J connectivity index is 2.09. The van der Waals surface area contributed by atoms with Crippen LogP contribution in [0, 0.1) is 5.92 Å². The molecule has 0 spiro atoms. The molecule has 1 aromatic carbocycles. The number of sulfonamides is 1. The monoisotopic (exact) mass is 312 g/mol. The largest absolute Gasteiger partial charge is 0.494 e. The normalized spacial score (nSPS) is 21.4. The maximum atomic E-state index is 12.6. The summed E-state index contributed by atoms with van der Waals surface area (Å²) in [5.41, 5.74) is 5.87. The fraction of sp³-hybridized carbons (Fsp3) is 0.600. The molecule has 2 rings (SSSR count). The van der Waals surface area contributed by atoms with Crippen LogP contribution in [0.1, 0.15) is 26.7 Å². The van der Waals surface area contributed by atoms with E-state index in [0.29, 0.717) is 30.3 Å². The topological polar surface area (TPSA) is 72.6 Å². The van der Waals surface area contributed by atoms with Gasteiger partial charge in [-0.05, 0) is 49.9 Å². The summed E-state index contributed by atoms with van der Waals surface area (Å²) in [6.45, 7) is 5.65. The second-order valence-corrected chi connectivity index (χ2v) is 7.53. The van der Waals surface area contributed by atoms with Gasteiger partial charge in [-0.15, -0.1) is 0 Å². The number of nitrogens with two attached hydrogens (primary N) is 1. The molecule has 0 amide bonds. The summed E-state index contributed by atoms with van der Waals surface area (Å²) >= 11 is 0. The summed E-state index contributed by atoms with van der Waals surface area (Å²) in [6, 6.07) is 6.66. The van der Waals surface area contributed by atoms with Crippen LogP contribution < -0.4 is 10.5 Å². The second-order valence-electron chi connectivity index (χ2n) is 5.59. The summed E-state index contributed by atoms with van der Waals surface area (Å²) in [6.07, 6.45) is 1.75. The zero-order chi connectivity index (χ0) is 15.5. The number of hydrogen-bond donors (Lipinski definition) is 1. The highest BCUT2D eigenvalue weighted by Gasteiger charge is 2.33. The third kappa shape index (κ3) is 3.75. The number of nitrogens with zero attached hydrogens (tertiary/aromatic N) is 1. The predicted molar refractivity (Wildman–Crippen MR) is 82.7 cm³/mol. The number of rotatable bonds is 6. The van der Waals surface area contributed by atoms with E-state index in [2.05, 4.69) is 0 Å². The minimum absolute atomic E-state index is 0.0232. The molecule has 1 saturated heterocycles. The van der Waals surface area contributed by atoms with Gasteiger partial charge < -0.3 is 10.5 Å². The van der Waals surface area contributed by atoms with Gasteiger partial charge in [-0.1, -0.05) is 6.92 Å². The van der Waals surface area contributed by atoms with E-state index in [-0.39, 0.29) is 12.0 Å². The van der Waals surface area contributed by atoms with Gasteiger partial charge in [0.15, 0.2) is 0 Å². The van der Waals surface area contributed by atoms with E-state index in [4.69, 9.17) is 10.5 Å². The average Bonchev–Trinajstić information content (AvgIpc) is 2.96. The van der Waals surface area contributed by atoms with Crippen molar-refractivity contribution >= 4 is 10.0 Å². The Morgan fingerprint density at radius 2 is 2.05 bits per heavy atom. The van der Waals surface area contributed by atoms with E-state index < -0.39 is 10.0 Å². The minimum atomic E-state index is -3.42. The number of benzene rings is 1. The molecule has 118 valence electrons. The molecule has 2 atom stereocenters. The summed E-state index contributed by atoms with van der Waals surface area (Å²) < 4.78 is 32.1. The zero-order valence-corrected chi connectivity index (χ0v) is 13.5. The van der Waals surface area contributed by atoms with Gasteiger partial charge in [-0.25, -0.2) is 8.42 Å². The molecular formula is C15H24N2O3S. The highest BCUT2D eigenvalue weighted by Crippen LogP contribution is 2.26. The summed E-state index contributed by atoms with van der Waals surface area (Å²) in [7, 11) is -3.42. The summed E-state index contributed by atoms with van der Waals surface area (Å²) in [4.78, 5) is 0.316. The first-order valence-corrected chi connectivity index (χ1v) is 8.87.